The van der Waals surface area contributed by atoms with Gasteiger partial charge in [-0.2, -0.15) is 10.5 Å². The number of ether oxygens (including phenoxy) is 1. The number of nitriles is 2. The lowest BCUT2D eigenvalue weighted by Gasteiger charge is -2.12. The van der Waals surface area contributed by atoms with Gasteiger partial charge in [0.1, 0.15) is 0 Å². The van der Waals surface area contributed by atoms with Crippen molar-refractivity contribution in [2.75, 3.05) is 0 Å². The van der Waals surface area contributed by atoms with Gasteiger partial charge in [0.2, 0.25) is 0 Å². The topological polar surface area (TPSA) is 56.8 Å². The lowest BCUT2D eigenvalue weighted by Crippen LogP contribution is -2.01. The predicted octanol–water partition coefficient (Wildman–Crippen LogP) is 4.60. The number of benzene rings is 2. The lowest BCUT2D eigenvalue weighted by molar-refractivity contribution is 0.106. The summed E-state index contributed by atoms with van der Waals surface area (Å²) in [6, 6.07) is 15.5. The van der Waals surface area contributed by atoms with Crippen molar-refractivity contribution in [1.29, 1.82) is 10.5 Å². The second kappa shape index (κ2) is 9.23. The minimum absolute atomic E-state index is 0.461. The molecule has 0 aliphatic carbocycles. The third-order valence-corrected chi connectivity index (χ3v) is 3.91. The van der Waals surface area contributed by atoms with E-state index in [9.17, 15) is 0 Å². The van der Waals surface area contributed by atoms with E-state index in [1.54, 1.807) is 12.1 Å². The van der Waals surface area contributed by atoms with Crippen molar-refractivity contribution in [2.24, 2.45) is 0 Å². The first-order valence-corrected chi connectivity index (χ1v) is 8.05. The van der Waals surface area contributed by atoms with Crippen molar-refractivity contribution < 1.29 is 4.74 Å². The van der Waals surface area contributed by atoms with Gasteiger partial charge >= 0.3 is 0 Å². The molecule has 0 N–H and O–H groups in total. The molecule has 0 heterocycles. The van der Waals surface area contributed by atoms with Crippen molar-refractivity contribution in [2.45, 2.75) is 26.1 Å². The van der Waals surface area contributed by atoms with Crippen molar-refractivity contribution in [3.05, 3.63) is 95.1 Å². The first-order chi connectivity index (χ1) is 12.2. The van der Waals surface area contributed by atoms with E-state index >= 15 is 0 Å². The van der Waals surface area contributed by atoms with E-state index in [-0.39, 0.29) is 0 Å². The van der Waals surface area contributed by atoms with Crippen LogP contribution >= 0.6 is 0 Å². The van der Waals surface area contributed by atoms with E-state index in [1.165, 1.54) is 0 Å². The SMILES string of the molecule is C=CCc1cc(C#N)ccc1COCc1ccc(C#N)cc1CC=C. The van der Waals surface area contributed by atoms with Gasteiger partial charge in [-0.25, -0.2) is 0 Å². The molecule has 0 radical (unpaired) electrons. The summed E-state index contributed by atoms with van der Waals surface area (Å²) < 4.78 is 5.89. The summed E-state index contributed by atoms with van der Waals surface area (Å²) in [5.41, 5.74) is 5.50. The Morgan fingerprint density at radius 3 is 1.56 bits per heavy atom. The second-order valence-corrected chi connectivity index (χ2v) is 5.67. The van der Waals surface area contributed by atoms with Gasteiger partial charge in [0.25, 0.3) is 0 Å². The van der Waals surface area contributed by atoms with Gasteiger partial charge in [-0.05, 0) is 59.4 Å². The molecule has 0 unspecified atom stereocenters. The number of rotatable bonds is 8. The fourth-order valence-corrected chi connectivity index (χ4v) is 2.63. The van der Waals surface area contributed by atoms with Crippen LogP contribution < -0.4 is 0 Å². The van der Waals surface area contributed by atoms with Crippen LogP contribution in [0.25, 0.3) is 0 Å². The summed E-state index contributed by atoms with van der Waals surface area (Å²) in [6.07, 6.45) is 5.05. The molecule has 0 aliphatic heterocycles. The molecule has 3 heteroatoms. The Morgan fingerprint density at radius 1 is 0.760 bits per heavy atom. The van der Waals surface area contributed by atoms with Crippen LogP contribution in [0.2, 0.25) is 0 Å². The van der Waals surface area contributed by atoms with Crippen molar-refractivity contribution >= 4 is 0 Å². The quantitative estimate of drug-likeness (QED) is 0.665. The minimum atomic E-state index is 0.461. The third-order valence-electron chi connectivity index (χ3n) is 3.91. The number of nitrogens with zero attached hydrogens (tertiary/aromatic N) is 2. The second-order valence-electron chi connectivity index (χ2n) is 5.67. The van der Waals surface area contributed by atoms with Crippen LogP contribution in [0.1, 0.15) is 33.4 Å². The third kappa shape index (κ3) is 4.91. The standard InChI is InChI=1S/C22H20N2O/c1-3-5-19-11-17(13-23)7-9-21(19)15-25-16-22-10-8-18(14-24)12-20(22)6-4-2/h3-4,7-12H,1-2,5-6,15-16H2. The van der Waals surface area contributed by atoms with E-state index in [2.05, 4.69) is 25.3 Å². The Morgan fingerprint density at radius 2 is 1.20 bits per heavy atom. The zero-order valence-corrected chi connectivity index (χ0v) is 14.2. The molecule has 2 rings (SSSR count). The normalized spacial score (nSPS) is 9.84. The number of allylic oxidation sites excluding steroid dienone is 2. The van der Waals surface area contributed by atoms with Crippen LogP contribution in [0.15, 0.2) is 61.7 Å². The van der Waals surface area contributed by atoms with Gasteiger partial charge in [-0.3, -0.25) is 0 Å². The fourth-order valence-electron chi connectivity index (χ4n) is 2.63. The van der Waals surface area contributed by atoms with Crippen LogP contribution in [0.5, 0.6) is 0 Å². The Bertz CT molecular complexity index is 782. The zero-order chi connectivity index (χ0) is 18.1. The molecule has 0 bridgehead atoms. The molecule has 2 aromatic carbocycles. The molecule has 3 nitrogen and oxygen atoms in total. The number of hydrogen-bond donors (Lipinski definition) is 0. The average molecular weight is 328 g/mol. The molecule has 2 aromatic rings. The highest BCUT2D eigenvalue weighted by Crippen LogP contribution is 2.18. The fraction of sp³-hybridized carbons (Fsp3) is 0.182. The summed E-state index contributed by atoms with van der Waals surface area (Å²) in [5.74, 6) is 0. The zero-order valence-electron chi connectivity index (χ0n) is 14.2. The van der Waals surface area contributed by atoms with Gasteiger partial charge in [-0.15, -0.1) is 13.2 Å². The first kappa shape index (κ1) is 18.2. The van der Waals surface area contributed by atoms with Crippen LogP contribution in [-0.2, 0) is 30.8 Å². The molecular weight excluding hydrogens is 308 g/mol. The predicted molar refractivity (Wildman–Crippen MR) is 98.6 cm³/mol. The molecule has 124 valence electrons. The van der Waals surface area contributed by atoms with Crippen LogP contribution in [0.3, 0.4) is 0 Å². The largest absolute Gasteiger partial charge is 0.372 e. The Balaban J connectivity index is 2.11. The summed E-state index contributed by atoms with van der Waals surface area (Å²) in [5, 5.41) is 18.1. The van der Waals surface area contributed by atoms with Gasteiger partial charge in [0.15, 0.2) is 0 Å². The average Bonchev–Trinajstić information content (AvgIpc) is 2.64. The van der Waals surface area contributed by atoms with Crippen molar-refractivity contribution in [3.63, 3.8) is 0 Å². The summed E-state index contributed by atoms with van der Waals surface area (Å²) in [6.45, 7) is 8.46. The molecule has 0 aromatic heterocycles. The van der Waals surface area contributed by atoms with E-state index in [0.29, 0.717) is 37.2 Å². The number of hydrogen-bond acceptors (Lipinski definition) is 3. The van der Waals surface area contributed by atoms with E-state index in [1.807, 2.05) is 36.4 Å². The van der Waals surface area contributed by atoms with Crippen LogP contribution in [0.4, 0.5) is 0 Å². The molecule has 0 spiro atoms. The Hall–Kier alpha value is -3.14. The van der Waals surface area contributed by atoms with E-state index < -0.39 is 0 Å². The Kier molecular flexibility index (Phi) is 6.72. The molecule has 0 atom stereocenters. The molecule has 0 saturated carbocycles. The molecule has 0 aliphatic rings. The molecule has 0 saturated heterocycles. The summed E-state index contributed by atoms with van der Waals surface area (Å²) >= 11 is 0. The highest BCUT2D eigenvalue weighted by Gasteiger charge is 2.06. The van der Waals surface area contributed by atoms with Crippen molar-refractivity contribution in [3.8, 4) is 12.1 Å². The summed E-state index contributed by atoms with van der Waals surface area (Å²) in [4.78, 5) is 0. The van der Waals surface area contributed by atoms with Gasteiger partial charge in [-0.1, -0.05) is 24.3 Å². The highest BCUT2D eigenvalue weighted by atomic mass is 16.5. The smallest absolute Gasteiger partial charge is 0.0991 e. The van der Waals surface area contributed by atoms with E-state index in [0.717, 1.165) is 22.3 Å². The summed E-state index contributed by atoms with van der Waals surface area (Å²) in [7, 11) is 0. The Labute approximate surface area is 149 Å². The van der Waals surface area contributed by atoms with E-state index in [4.69, 9.17) is 15.3 Å². The molecule has 0 amide bonds. The van der Waals surface area contributed by atoms with Crippen LogP contribution in [0, 0.1) is 22.7 Å². The first-order valence-electron chi connectivity index (χ1n) is 8.05. The minimum Gasteiger partial charge on any atom is -0.372 e. The maximum absolute atomic E-state index is 9.03. The van der Waals surface area contributed by atoms with Crippen molar-refractivity contribution in [1.82, 2.24) is 0 Å². The maximum Gasteiger partial charge on any atom is 0.0991 e. The van der Waals surface area contributed by atoms with Gasteiger partial charge in [0.05, 0.1) is 36.5 Å². The van der Waals surface area contributed by atoms with Gasteiger partial charge < -0.3 is 4.74 Å². The molecular formula is C22H20N2O. The van der Waals surface area contributed by atoms with Crippen LogP contribution in [-0.4, -0.2) is 0 Å². The van der Waals surface area contributed by atoms with Gasteiger partial charge in [0, 0.05) is 0 Å². The molecule has 25 heavy (non-hydrogen) atoms. The molecule has 0 fully saturated rings. The maximum atomic E-state index is 9.03. The highest BCUT2D eigenvalue weighted by molar-refractivity contribution is 5.40. The monoisotopic (exact) mass is 328 g/mol. The lowest BCUT2D eigenvalue weighted by atomic mass is 10.0.